The molecule has 0 atom stereocenters. The van der Waals surface area contributed by atoms with Gasteiger partial charge in [-0.1, -0.05) is 12.1 Å². The maximum absolute atomic E-state index is 10.9. The lowest BCUT2D eigenvalue weighted by atomic mass is 10.0. The second kappa shape index (κ2) is 11.3. The number of guanidine groups is 1. The molecule has 0 aliphatic carbocycles. The molecule has 7 nitrogen and oxygen atoms in total. The number of rotatable bonds is 6. The molecule has 1 fully saturated rings. The van der Waals surface area contributed by atoms with Gasteiger partial charge in [0.2, 0.25) is 0 Å². The molecule has 0 saturated carbocycles. The van der Waals surface area contributed by atoms with Crippen molar-refractivity contribution in [3.63, 3.8) is 0 Å². The Kier molecular flexibility index (Phi) is 9.13. The van der Waals surface area contributed by atoms with Gasteiger partial charge < -0.3 is 10.6 Å². The molecule has 0 radical (unpaired) electrons. The third-order valence-electron chi connectivity index (χ3n) is 4.72. The maximum Gasteiger partial charge on any atom is 0.269 e. The number of nitro benzene ring substituents is 1. The minimum absolute atomic E-state index is 0. The smallest absolute Gasteiger partial charge is 0.269 e. The van der Waals surface area contributed by atoms with E-state index >= 15 is 0 Å². The van der Waals surface area contributed by atoms with E-state index in [-0.39, 0.29) is 34.6 Å². The van der Waals surface area contributed by atoms with Crippen LogP contribution in [0.15, 0.2) is 46.1 Å². The summed E-state index contributed by atoms with van der Waals surface area (Å²) in [6, 6.07) is 9.24. The Morgan fingerprint density at radius 1 is 1.32 bits per heavy atom. The zero-order valence-electron chi connectivity index (χ0n) is 15.8. The minimum atomic E-state index is -0.375. The summed E-state index contributed by atoms with van der Waals surface area (Å²) in [4.78, 5) is 17.3. The van der Waals surface area contributed by atoms with E-state index in [9.17, 15) is 10.1 Å². The van der Waals surface area contributed by atoms with E-state index in [0.717, 1.165) is 44.0 Å². The van der Waals surface area contributed by atoms with E-state index in [2.05, 4.69) is 37.4 Å². The van der Waals surface area contributed by atoms with Crippen LogP contribution in [-0.4, -0.2) is 42.0 Å². The molecule has 2 N–H and O–H groups in total. The minimum Gasteiger partial charge on any atom is -0.354 e. The Morgan fingerprint density at radius 2 is 2.11 bits per heavy atom. The van der Waals surface area contributed by atoms with Gasteiger partial charge in [-0.3, -0.25) is 20.0 Å². The highest BCUT2D eigenvalue weighted by Gasteiger charge is 2.20. The van der Waals surface area contributed by atoms with Gasteiger partial charge in [0.05, 0.1) is 4.92 Å². The first kappa shape index (κ1) is 22.6. The predicted molar refractivity (Wildman–Crippen MR) is 124 cm³/mol. The van der Waals surface area contributed by atoms with Gasteiger partial charge in [0.15, 0.2) is 5.96 Å². The highest BCUT2D eigenvalue weighted by atomic mass is 127. The van der Waals surface area contributed by atoms with E-state index in [0.29, 0.717) is 12.6 Å². The van der Waals surface area contributed by atoms with E-state index in [1.165, 1.54) is 11.6 Å². The summed E-state index contributed by atoms with van der Waals surface area (Å²) < 4.78 is 0. The number of likely N-dealkylation sites (tertiary alicyclic amines) is 1. The largest absolute Gasteiger partial charge is 0.354 e. The first-order chi connectivity index (χ1) is 13.1. The number of nitro groups is 1. The number of nitrogens with one attached hydrogen (secondary N) is 2. The SMILES string of the molecule is CN=C(NCc1cccc([N+](=O)[O-])c1)NC1CCN(Cc2ccsc2)CC1.I. The summed E-state index contributed by atoms with van der Waals surface area (Å²) in [5.74, 6) is 0.734. The Morgan fingerprint density at radius 3 is 2.75 bits per heavy atom. The van der Waals surface area contributed by atoms with E-state index in [1.54, 1.807) is 30.5 Å². The molecular weight excluding hydrogens is 489 g/mol. The summed E-state index contributed by atoms with van der Waals surface area (Å²) in [6.45, 7) is 3.65. The number of aliphatic imine (C=N–C) groups is 1. The molecule has 28 heavy (non-hydrogen) atoms. The zero-order chi connectivity index (χ0) is 19.1. The molecule has 2 aromatic rings. The Hall–Kier alpha value is -1.72. The highest BCUT2D eigenvalue weighted by molar-refractivity contribution is 14.0. The molecule has 1 aliphatic rings. The Balaban J connectivity index is 0.00000280. The summed E-state index contributed by atoms with van der Waals surface area (Å²) in [5.41, 5.74) is 2.36. The normalized spacial score (nSPS) is 15.7. The van der Waals surface area contributed by atoms with Crippen molar-refractivity contribution in [2.75, 3.05) is 20.1 Å². The maximum atomic E-state index is 10.9. The van der Waals surface area contributed by atoms with Crippen LogP contribution in [0, 0.1) is 10.1 Å². The highest BCUT2D eigenvalue weighted by Crippen LogP contribution is 2.16. The van der Waals surface area contributed by atoms with E-state index < -0.39 is 0 Å². The van der Waals surface area contributed by atoms with Gasteiger partial charge in [-0.05, 0) is 40.8 Å². The van der Waals surface area contributed by atoms with Gasteiger partial charge >= 0.3 is 0 Å². The van der Waals surface area contributed by atoms with Crippen molar-refractivity contribution in [3.8, 4) is 0 Å². The lowest BCUT2D eigenvalue weighted by molar-refractivity contribution is -0.384. The van der Waals surface area contributed by atoms with Crippen LogP contribution in [0.25, 0.3) is 0 Å². The van der Waals surface area contributed by atoms with Crippen molar-refractivity contribution < 1.29 is 4.92 Å². The van der Waals surface area contributed by atoms with Crippen molar-refractivity contribution in [2.24, 2.45) is 4.99 Å². The molecule has 0 unspecified atom stereocenters. The topological polar surface area (TPSA) is 82.8 Å². The predicted octanol–water partition coefficient (Wildman–Crippen LogP) is 3.60. The summed E-state index contributed by atoms with van der Waals surface area (Å²) in [7, 11) is 1.74. The van der Waals surface area contributed by atoms with Crippen LogP contribution in [0.3, 0.4) is 0 Å². The third-order valence-corrected chi connectivity index (χ3v) is 5.45. The second-order valence-corrected chi connectivity index (χ2v) is 7.46. The lowest BCUT2D eigenvalue weighted by Crippen LogP contribution is -2.48. The van der Waals surface area contributed by atoms with Gasteiger partial charge in [-0.2, -0.15) is 11.3 Å². The van der Waals surface area contributed by atoms with Crippen LogP contribution < -0.4 is 10.6 Å². The average Bonchev–Trinajstić information content (AvgIpc) is 3.19. The fourth-order valence-corrected chi connectivity index (χ4v) is 3.89. The lowest BCUT2D eigenvalue weighted by Gasteiger charge is -2.32. The van der Waals surface area contributed by atoms with Crippen molar-refractivity contribution in [2.45, 2.75) is 32.0 Å². The molecule has 0 bridgehead atoms. The fraction of sp³-hybridized carbons (Fsp3) is 0.421. The standard InChI is InChI=1S/C19H25N5O2S.HI/c1-20-19(21-12-15-3-2-4-18(11-15)24(25)26)22-17-5-8-23(9-6-17)13-16-7-10-27-14-16;/h2-4,7,10-11,14,17H,5-6,8-9,12-13H2,1H3,(H2,20,21,22);1H. The summed E-state index contributed by atoms with van der Waals surface area (Å²) in [6.07, 6.45) is 2.14. The van der Waals surface area contributed by atoms with Gasteiger partial charge in [0, 0.05) is 51.4 Å². The first-order valence-corrected chi connectivity index (χ1v) is 10.0. The molecule has 3 rings (SSSR count). The van der Waals surface area contributed by atoms with Crippen molar-refractivity contribution in [1.29, 1.82) is 0 Å². The third kappa shape index (κ3) is 6.71. The van der Waals surface area contributed by atoms with Crippen molar-refractivity contribution in [3.05, 3.63) is 62.3 Å². The van der Waals surface area contributed by atoms with Gasteiger partial charge in [-0.25, -0.2) is 0 Å². The number of benzene rings is 1. The molecule has 1 aliphatic heterocycles. The number of nitrogens with zero attached hydrogens (tertiary/aromatic N) is 3. The number of piperidine rings is 1. The number of non-ortho nitro benzene ring substituents is 1. The van der Waals surface area contributed by atoms with Crippen LogP contribution in [0.1, 0.15) is 24.0 Å². The molecule has 0 spiro atoms. The van der Waals surface area contributed by atoms with Gasteiger partial charge in [0.25, 0.3) is 5.69 Å². The number of hydrogen-bond acceptors (Lipinski definition) is 5. The number of thiophene rings is 1. The fourth-order valence-electron chi connectivity index (χ4n) is 3.23. The van der Waals surface area contributed by atoms with E-state index in [4.69, 9.17) is 0 Å². The molecule has 1 saturated heterocycles. The summed E-state index contributed by atoms with van der Waals surface area (Å²) in [5, 5.41) is 21.9. The van der Waals surface area contributed by atoms with Crippen LogP contribution in [0.4, 0.5) is 5.69 Å². The second-order valence-electron chi connectivity index (χ2n) is 6.68. The molecular formula is C19H26IN5O2S. The average molecular weight is 515 g/mol. The number of halogens is 1. The van der Waals surface area contributed by atoms with Crippen molar-refractivity contribution in [1.82, 2.24) is 15.5 Å². The molecule has 152 valence electrons. The van der Waals surface area contributed by atoms with E-state index in [1.807, 2.05) is 6.07 Å². The Bertz CT molecular complexity index is 776. The molecule has 2 heterocycles. The Labute approximate surface area is 186 Å². The monoisotopic (exact) mass is 515 g/mol. The first-order valence-electron chi connectivity index (χ1n) is 9.08. The van der Waals surface area contributed by atoms with Gasteiger partial charge in [-0.15, -0.1) is 24.0 Å². The summed E-state index contributed by atoms with van der Waals surface area (Å²) >= 11 is 1.75. The number of hydrogen-bond donors (Lipinski definition) is 2. The quantitative estimate of drug-likeness (QED) is 0.202. The van der Waals surface area contributed by atoms with Crippen LogP contribution in [0.5, 0.6) is 0 Å². The molecule has 1 aromatic carbocycles. The molecule has 0 amide bonds. The van der Waals surface area contributed by atoms with Crippen LogP contribution in [-0.2, 0) is 13.1 Å². The van der Waals surface area contributed by atoms with Gasteiger partial charge in [0.1, 0.15) is 0 Å². The molecule has 9 heteroatoms. The zero-order valence-corrected chi connectivity index (χ0v) is 19.0. The molecule has 1 aromatic heterocycles. The van der Waals surface area contributed by atoms with Crippen molar-refractivity contribution >= 4 is 47.0 Å². The van der Waals surface area contributed by atoms with Crippen LogP contribution in [0.2, 0.25) is 0 Å². The van der Waals surface area contributed by atoms with Crippen LogP contribution >= 0.6 is 35.3 Å².